The summed E-state index contributed by atoms with van der Waals surface area (Å²) in [6, 6.07) is 0. The van der Waals surface area contributed by atoms with Gasteiger partial charge in [-0.25, -0.2) is 0 Å². The van der Waals surface area contributed by atoms with E-state index in [-0.39, 0.29) is 24.4 Å². The molecule has 0 radical (unpaired) electrons. The van der Waals surface area contributed by atoms with Gasteiger partial charge in [-0.1, -0.05) is 0 Å². The molecular formula is C11H22O5. The maximum Gasteiger partial charge on any atom is 0.114 e. The lowest BCUT2D eigenvalue weighted by Crippen LogP contribution is -2.38. The molecule has 16 heavy (non-hydrogen) atoms. The monoisotopic (exact) mass is 234 g/mol. The third-order valence-electron chi connectivity index (χ3n) is 2.74. The van der Waals surface area contributed by atoms with Crippen molar-refractivity contribution < 1.29 is 23.7 Å². The predicted octanol–water partition coefficient (Wildman–Crippen LogP) is 0.467. The Kier molecular flexibility index (Phi) is 6.23. The van der Waals surface area contributed by atoms with E-state index in [0.717, 1.165) is 0 Å². The zero-order valence-electron chi connectivity index (χ0n) is 10.5. The second-order valence-corrected chi connectivity index (χ2v) is 3.86. The van der Waals surface area contributed by atoms with Crippen molar-refractivity contribution in [2.45, 2.75) is 31.3 Å². The molecule has 5 nitrogen and oxygen atoms in total. The first-order chi connectivity index (χ1) is 7.74. The average molecular weight is 234 g/mol. The summed E-state index contributed by atoms with van der Waals surface area (Å²) in [4.78, 5) is 0. The topological polar surface area (TPSA) is 46.2 Å². The van der Waals surface area contributed by atoms with Gasteiger partial charge < -0.3 is 23.7 Å². The molecule has 1 aliphatic heterocycles. The molecule has 0 bridgehead atoms. The van der Waals surface area contributed by atoms with Crippen LogP contribution in [0.25, 0.3) is 0 Å². The Morgan fingerprint density at radius 1 is 1.00 bits per heavy atom. The zero-order chi connectivity index (χ0) is 12.0. The van der Waals surface area contributed by atoms with Crippen LogP contribution in [0, 0.1) is 0 Å². The molecule has 0 N–H and O–H groups in total. The van der Waals surface area contributed by atoms with Crippen molar-refractivity contribution in [2.75, 3.05) is 41.2 Å². The standard InChI is InChI=1S/C11H22O5/c1-8-10(15-6-5-12-2)11(14-4)9(16-8)7-13-3/h8-11H,5-7H2,1-4H3/t8-,9+,10+,11?/m0/s1. The fourth-order valence-electron chi connectivity index (χ4n) is 1.99. The van der Waals surface area contributed by atoms with Crippen LogP contribution in [0.2, 0.25) is 0 Å². The van der Waals surface area contributed by atoms with Gasteiger partial charge in [0.25, 0.3) is 0 Å². The SMILES string of the molecule is COCCO[C@H]1C(OC)[C@@H](COC)O[C@H]1C. The zero-order valence-corrected chi connectivity index (χ0v) is 10.5. The minimum absolute atomic E-state index is 0.0157. The quantitative estimate of drug-likeness (QED) is 0.599. The van der Waals surface area contributed by atoms with Crippen molar-refractivity contribution in [2.24, 2.45) is 0 Å². The Morgan fingerprint density at radius 3 is 2.31 bits per heavy atom. The van der Waals surface area contributed by atoms with Crippen molar-refractivity contribution in [1.82, 2.24) is 0 Å². The van der Waals surface area contributed by atoms with Gasteiger partial charge in [0.2, 0.25) is 0 Å². The van der Waals surface area contributed by atoms with Gasteiger partial charge in [-0.05, 0) is 6.92 Å². The van der Waals surface area contributed by atoms with Crippen LogP contribution in [-0.2, 0) is 23.7 Å². The van der Waals surface area contributed by atoms with Gasteiger partial charge in [-0.3, -0.25) is 0 Å². The van der Waals surface area contributed by atoms with Crippen molar-refractivity contribution in [3.8, 4) is 0 Å². The minimum Gasteiger partial charge on any atom is -0.382 e. The van der Waals surface area contributed by atoms with Crippen molar-refractivity contribution >= 4 is 0 Å². The number of hydrogen-bond donors (Lipinski definition) is 0. The largest absolute Gasteiger partial charge is 0.382 e. The van der Waals surface area contributed by atoms with E-state index in [1.165, 1.54) is 0 Å². The molecular weight excluding hydrogens is 212 g/mol. The Bertz CT molecular complexity index is 187. The highest BCUT2D eigenvalue weighted by Crippen LogP contribution is 2.26. The highest BCUT2D eigenvalue weighted by molar-refractivity contribution is 4.90. The molecule has 0 amide bonds. The molecule has 96 valence electrons. The molecule has 1 fully saturated rings. The van der Waals surface area contributed by atoms with Crippen LogP contribution < -0.4 is 0 Å². The van der Waals surface area contributed by atoms with Gasteiger partial charge in [0.1, 0.15) is 18.3 Å². The fraction of sp³-hybridized carbons (Fsp3) is 1.00. The first kappa shape index (κ1) is 13.9. The normalized spacial score (nSPS) is 34.5. The minimum atomic E-state index is -0.0770. The molecule has 4 atom stereocenters. The second kappa shape index (κ2) is 7.19. The molecule has 1 unspecified atom stereocenters. The van der Waals surface area contributed by atoms with Gasteiger partial charge in [0, 0.05) is 21.3 Å². The molecule has 1 aliphatic rings. The molecule has 0 spiro atoms. The average Bonchev–Trinajstić information content (AvgIpc) is 2.56. The van der Waals surface area contributed by atoms with Crippen molar-refractivity contribution in [3.63, 3.8) is 0 Å². The van der Waals surface area contributed by atoms with Gasteiger partial charge >= 0.3 is 0 Å². The van der Waals surface area contributed by atoms with E-state index < -0.39 is 0 Å². The van der Waals surface area contributed by atoms with E-state index in [1.807, 2.05) is 6.92 Å². The van der Waals surface area contributed by atoms with Crippen LogP contribution in [0.4, 0.5) is 0 Å². The summed E-state index contributed by atoms with van der Waals surface area (Å²) in [7, 11) is 4.97. The van der Waals surface area contributed by atoms with E-state index in [1.54, 1.807) is 21.3 Å². The van der Waals surface area contributed by atoms with Crippen molar-refractivity contribution in [1.29, 1.82) is 0 Å². The molecule has 1 saturated heterocycles. The van der Waals surface area contributed by atoms with E-state index in [2.05, 4.69) is 0 Å². The lowest BCUT2D eigenvalue weighted by Gasteiger charge is -2.22. The van der Waals surface area contributed by atoms with Crippen molar-refractivity contribution in [3.05, 3.63) is 0 Å². The van der Waals surface area contributed by atoms with Gasteiger partial charge in [-0.15, -0.1) is 0 Å². The summed E-state index contributed by atoms with van der Waals surface area (Å²) < 4.78 is 26.9. The Balaban J connectivity index is 2.46. The summed E-state index contributed by atoms with van der Waals surface area (Å²) in [5, 5.41) is 0. The summed E-state index contributed by atoms with van der Waals surface area (Å²) in [5.74, 6) is 0. The maximum absolute atomic E-state index is 5.73. The first-order valence-corrected chi connectivity index (χ1v) is 5.52. The molecule has 1 rings (SSSR count). The predicted molar refractivity (Wildman–Crippen MR) is 58.6 cm³/mol. The summed E-state index contributed by atoms with van der Waals surface area (Å²) in [5.41, 5.74) is 0. The number of methoxy groups -OCH3 is 3. The third-order valence-corrected chi connectivity index (χ3v) is 2.74. The Labute approximate surface area is 97.0 Å². The summed E-state index contributed by atoms with van der Waals surface area (Å²) in [6.45, 7) is 3.63. The smallest absolute Gasteiger partial charge is 0.114 e. The molecule has 0 aromatic rings. The number of rotatable bonds is 7. The molecule has 0 aromatic heterocycles. The fourth-order valence-corrected chi connectivity index (χ4v) is 1.99. The highest BCUT2D eigenvalue weighted by atomic mass is 16.6. The van der Waals surface area contributed by atoms with Crippen LogP contribution in [0.1, 0.15) is 6.92 Å². The van der Waals surface area contributed by atoms with E-state index in [0.29, 0.717) is 19.8 Å². The third kappa shape index (κ3) is 3.40. The van der Waals surface area contributed by atoms with Crippen LogP contribution in [0.15, 0.2) is 0 Å². The van der Waals surface area contributed by atoms with Gasteiger partial charge in [-0.2, -0.15) is 0 Å². The molecule has 1 heterocycles. The molecule has 0 aromatic carbocycles. The lowest BCUT2D eigenvalue weighted by atomic mass is 10.1. The number of hydrogen-bond acceptors (Lipinski definition) is 5. The van der Waals surface area contributed by atoms with Crippen LogP contribution in [0.5, 0.6) is 0 Å². The lowest BCUT2D eigenvalue weighted by molar-refractivity contribution is -0.0644. The Morgan fingerprint density at radius 2 is 1.75 bits per heavy atom. The highest BCUT2D eigenvalue weighted by Gasteiger charge is 2.43. The molecule has 0 saturated carbocycles. The van der Waals surface area contributed by atoms with Crippen LogP contribution >= 0.6 is 0 Å². The summed E-state index contributed by atoms with van der Waals surface area (Å²) in [6.07, 6.45) is -0.174. The summed E-state index contributed by atoms with van der Waals surface area (Å²) >= 11 is 0. The van der Waals surface area contributed by atoms with Crippen LogP contribution in [0.3, 0.4) is 0 Å². The van der Waals surface area contributed by atoms with Crippen LogP contribution in [-0.4, -0.2) is 65.6 Å². The first-order valence-electron chi connectivity index (χ1n) is 5.52. The maximum atomic E-state index is 5.73. The van der Waals surface area contributed by atoms with E-state index >= 15 is 0 Å². The van der Waals surface area contributed by atoms with E-state index in [9.17, 15) is 0 Å². The Hall–Kier alpha value is -0.200. The molecule has 5 heteroatoms. The number of ether oxygens (including phenoxy) is 5. The second-order valence-electron chi connectivity index (χ2n) is 3.86. The molecule has 0 aliphatic carbocycles. The van der Waals surface area contributed by atoms with Gasteiger partial charge in [0.15, 0.2) is 0 Å². The van der Waals surface area contributed by atoms with Gasteiger partial charge in [0.05, 0.1) is 25.9 Å². The van der Waals surface area contributed by atoms with E-state index in [4.69, 9.17) is 23.7 Å².